The van der Waals surface area contributed by atoms with Crippen LogP contribution in [0.15, 0.2) is 35.9 Å². The monoisotopic (exact) mass is 464 g/mol. The molecule has 0 spiro atoms. The second kappa shape index (κ2) is 11.2. The maximum absolute atomic E-state index is 6.89. The van der Waals surface area contributed by atoms with Crippen molar-refractivity contribution in [2.45, 2.75) is 104 Å². The number of para-hydroxylation sites is 2. The van der Waals surface area contributed by atoms with Gasteiger partial charge in [-0.1, -0.05) is 80.5 Å². The topological polar surface area (TPSA) is 27.7 Å². The molecule has 0 amide bonds. The van der Waals surface area contributed by atoms with Gasteiger partial charge in [-0.25, -0.2) is 0 Å². The van der Waals surface area contributed by atoms with Crippen LogP contribution in [0.1, 0.15) is 69.2 Å². The molecular weight excluding hydrogens is 416 g/mol. The zero-order valence-electron chi connectivity index (χ0n) is 22.3. The van der Waals surface area contributed by atoms with E-state index in [4.69, 9.17) is 13.6 Å². The van der Waals surface area contributed by atoms with E-state index < -0.39 is 16.6 Å². The number of hydrogen-bond donors (Lipinski definition) is 0. The molecule has 1 rings (SSSR count). The van der Waals surface area contributed by atoms with Crippen molar-refractivity contribution in [2.75, 3.05) is 13.2 Å². The van der Waals surface area contributed by atoms with Crippen LogP contribution >= 0.6 is 0 Å². The summed E-state index contributed by atoms with van der Waals surface area (Å²) in [4.78, 5) is 0. The number of hydrogen-bond acceptors (Lipinski definition) is 3. The molecule has 0 aliphatic rings. The number of ether oxygens (including phenoxy) is 1. The van der Waals surface area contributed by atoms with Crippen LogP contribution in [0.3, 0.4) is 0 Å². The Hall–Kier alpha value is -1.05. The average molecular weight is 465 g/mol. The summed E-state index contributed by atoms with van der Waals surface area (Å²) in [5, 5.41) is 0.223. The molecule has 0 bridgehead atoms. The molecule has 5 heteroatoms. The average Bonchev–Trinajstić information content (AvgIpc) is 2.63. The van der Waals surface area contributed by atoms with Gasteiger partial charge in [0.2, 0.25) is 0 Å². The zero-order valence-corrected chi connectivity index (χ0v) is 24.3. The largest absolute Gasteiger partial charge is 0.540 e. The minimum Gasteiger partial charge on any atom is -0.540 e. The van der Waals surface area contributed by atoms with Crippen LogP contribution in [-0.2, 0) is 4.43 Å². The number of rotatable bonds is 11. The molecule has 0 radical (unpaired) electrons. The van der Waals surface area contributed by atoms with Gasteiger partial charge in [-0.2, -0.15) is 0 Å². The van der Waals surface area contributed by atoms with E-state index in [9.17, 15) is 0 Å². The summed E-state index contributed by atoms with van der Waals surface area (Å²) in [6, 6.07) is 8.14. The van der Waals surface area contributed by atoms with Crippen LogP contribution in [-0.4, -0.2) is 29.8 Å². The minimum absolute atomic E-state index is 0.223. The standard InChI is InChI=1S/C26H48O3Si2/c1-20(2)31(21(3)4,22(5)6)29-25-16-14-13-15-24(25)27-19-23(7)17-18-28-30(11,12)26(8,9)10/h13-17,20-22H,18-19H2,1-12H3/b23-17+. The van der Waals surface area contributed by atoms with Crippen molar-refractivity contribution in [2.24, 2.45) is 0 Å². The first kappa shape index (κ1) is 28.0. The molecule has 178 valence electrons. The van der Waals surface area contributed by atoms with Gasteiger partial charge in [-0.05, 0) is 59.4 Å². The Balaban J connectivity index is 2.91. The Labute approximate surface area is 194 Å². The van der Waals surface area contributed by atoms with E-state index >= 15 is 0 Å². The SMILES string of the molecule is C/C(=C\CO[Si](C)(C)C(C)(C)C)COc1ccccc1O[Si](C(C)C)(C(C)C)C(C)C. The second-order valence-electron chi connectivity index (χ2n) is 11.3. The van der Waals surface area contributed by atoms with Crippen molar-refractivity contribution in [3.05, 3.63) is 35.9 Å². The fraction of sp³-hybridized carbons (Fsp3) is 0.692. The fourth-order valence-corrected chi connectivity index (χ4v) is 10.2. The first-order valence-corrected chi connectivity index (χ1v) is 16.9. The highest BCUT2D eigenvalue weighted by molar-refractivity contribution is 6.78. The van der Waals surface area contributed by atoms with Gasteiger partial charge in [0.15, 0.2) is 14.1 Å². The molecule has 0 saturated heterocycles. The number of benzene rings is 1. The predicted molar refractivity (Wildman–Crippen MR) is 141 cm³/mol. The molecule has 0 heterocycles. The Kier molecular flexibility index (Phi) is 10.1. The van der Waals surface area contributed by atoms with E-state index in [-0.39, 0.29) is 5.04 Å². The molecule has 0 fully saturated rings. The van der Waals surface area contributed by atoms with Crippen molar-refractivity contribution in [3.8, 4) is 11.5 Å². The lowest BCUT2D eigenvalue weighted by Gasteiger charge is -2.42. The lowest BCUT2D eigenvalue weighted by molar-refractivity contribution is 0.317. The molecule has 0 N–H and O–H groups in total. The van der Waals surface area contributed by atoms with E-state index in [0.29, 0.717) is 29.8 Å². The quantitative estimate of drug-likeness (QED) is 0.242. The summed E-state index contributed by atoms with van der Waals surface area (Å²) in [6.07, 6.45) is 2.15. The molecular formula is C26H48O3Si2. The van der Waals surface area contributed by atoms with Gasteiger partial charge in [-0.15, -0.1) is 0 Å². The fourth-order valence-electron chi connectivity index (χ4n) is 4.06. The van der Waals surface area contributed by atoms with Crippen LogP contribution < -0.4 is 9.16 Å². The van der Waals surface area contributed by atoms with Crippen molar-refractivity contribution < 1.29 is 13.6 Å². The Morgan fingerprint density at radius 3 is 1.84 bits per heavy atom. The summed E-state index contributed by atoms with van der Waals surface area (Å²) in [5.41, 5.74) is 2.74. The van der Waals surface area contributed by atoms with E-state index in [0.717, 1.165) is 11.5 Å². The normalized spacial score (nSPS) is 14.0. The van der Waals surface area contributed by atoms with Gasteiger partial charge < -0.3 is 13.6 Å². The van der Waals surface area contributed by atoms with Crippen LogP contribution in [0, 0.1) is 0 Å². The molecule has 1 aromatic carbocycles. The van der Waals surface area contributed by atoms with Crippen LogP contribution in [0.25, 0.3) is 0 Å². The summed E-state index contributed by atoms with van der Waals surface area (Å²) >= 11 is 0. The van der Waals surface area contributed by atoms with E-state index in [2.05, 4.69) is 94.5 Å². The molecule has 1 aromatic rings. The van der Waals surface area contributed by atoms with E-state index in [1.807, 2.05) is 18.2 Å². The van der Waals surface area contributed by atoms with Crippen molar-refractivity contribution >= 4 is 16.6 Å². The second-order valence-corrected chi connectivity index (χ2v) is 21.5. The molecule has 0 aromatic heterocycles. The zero-order chi connectivity index (χ0) is 24.0. The third kappa shape index (κ3) is 7.23. The predicted octanol–water partition coefficient (Wildman–Crippen LogP) is 8.59. The highest BCUT2D eigenvalue weighted by atomic mass is 28.4. The molecule has 0 aliphatic carbocycles. The van der Waals surface area contributed by atoms with E-state index in [1.165, 1.54) is 5.57 Å². The van der Waals surface area contributed by atoms with Crippen molar-refractivity contribution in [3.63, 3.8) is 0 Å². The highest BCUT2D eigenvalue weighted by Crippen LogP contribution is 2.44. The molecule has 0 atom stereocenters. The Morgan fingerprint density at radius 1 is 0.903 bits per heavy atom. The Bertz CT molecular complexity index is 694. The highest BCUT2D eigenvalue weighted by Gasteiger charge is 2.47. The Morgan fingerprint density at radius 2 is 1.39 bits per heavy atom. The lowest BCUT2D eigenvalue weighted by atomic mass is 10.2. The molecule has 0 unspecified atom stereocenters. The first-order chi connectivity index (χ1) is 14.1. The summed E-state index contributed by atoms with van der Waals surface area (Å²) < 4.78 is 19.4. The smallest absolute Gasteiger partial charge is 0.258 e. The summed E-state index contributed by atoms with van der Waals surface area (Å²) in [7, 11) is -3.75. The van der Waals surface area contributed by atoms with Crippen molar-refractivity contribution in [1.82, 2.24) is 0 Å². The van der Waals surface area contributed by atoms with Gasteiger partial charge >= 0.3 is 0 Å². The maximum Gasteiger partial charge on any atom is 0.258 e. The molecule has 0 saturated carbocycles. The third-order valence-corrected chi connectivity index (χ3v) is 17.5. The van der Waals surface area contributed by atoms with Crippen LogP contribution in [0.5, 0.6) is 11.5 Å². The molecule has 3 nitrogen and oxygen atoms in total. The molecule has 0 aliphatic heterocycles. The van der Waals surface area contributed by atoms with E-state index in [1.54, 1.807) is 0 Å². The van der Waals surface area contributed by atoms with Gasteiger partial charge in [0, 0.05) is 0 Å². The lowest BCUT2D eigenvalue weighted by Crippen LogP contribution is -2.50. The first-order valence-electron chi connectivity index (χ1n) is 11.9. The van der Waals surface area contributed by atoms with Crippen LogP contribution in [0.2, 0.25) is 34.8 Å². The van der Waals surface area contributed by atoms with Gasteiger partial charge in [-0.3, -0.25) is 0 Å². The summed E-state index contributed by atoms with van der Waals surface area (Å²) in [5.74, 6) is 1.72. The maximum atomic E-state index is 6.89. The summed E-state index contributed by atoms with van der Waals surface area (Å²) in [6.45, 7) is 28.5. The molecule has 31 heavy (non-hydrogen) atoms. The van der Waals surface area contributed by atoms with Crippen LogP contribution in [0.4, 0.5) is 0 Å². The minimum atomic E-state index is -2.03. The van der Waals surface area contributed by atoms with Gasteiger partial charge in [0.25, 0.3) is 8.32 Å². The van der Waals surface area contributed by atoms with Gasteiger partial charge in [0.1, 0.15) is 12.4 Å². The van der Waals surface area contributed by atoms with Gasteiger partial charge in [0.05, 0.1) is 6.61 Å². The third-order valence-electron chi connectivity index (χ3n) is 6.98. The van der Waals surface area contributed by atoms with Crippen molar-refractivity contribution in [1.29, 1.82) is 0 Å².